The molecule has 5 heteroatoms. The zero-order valence-electron chi connectivity index (χ0n) is 10.6. The van der Waals surface area contributed by atoms with Crippen LogP contribution in [0.5, 0.6) is 0 Å². The normalized spacial score (nSPS) is 10.2. The van der Waals surface area contributed by atoms with Crippen molar-refractivity contribution >= 4 is 11.6 Å². The molecule has 5 nitrogen and oxygen atoms in total. The molecule has 19 heavy (non-hydrogen) atoms. The molecular formula is C14H15N3O2. The Morgan fingerprint density at radius 1 is 1.26 bits per heavy atom. The standard InChI is InChI=1S/C14H15N3O2/c1-9-6-7-11(13(18)16-9)14(19)17-12-5-3-2-4-10(12)8-15/h2-7H,8,15H2,1H3,(H,16,18)(H,17,19). The molecule has 0 atom stereocenters. The maximum Gasteiger partial charge on any atom is 0.261 e. The number of aromatic amines is 1. The molecule has 0 saturated heterocycles. The van der Waals surface area contributed by atoms with Gasteiger partial charge in [0.1, 0.15) is 5.56 Å². The number of rotatable bonds is 3. The number of carbonyl (C=O) groups excluding carboxylic acids is 1. The van der Waals surface area contributed by atoms with Crippen molar-refractivity contribution < 1.29 is 4.79 Å². The molecule has 1 amide bonds. The third-order valence-corrected chi connectivity index (χ3v) is 2.79. The number of pyridine rings is 1. The Hall–Kier alpha value is -2.40. The van der Waals surface area contributed by atoms with E-state index in [4.69, 9.17) is 5.73 Å². The van der Waals surface area contributed by atoms with Gasteiger partial charge in [-0.1, -0.05) is 18.2 Å². The highest BCUT2D eigenvalue weighted by Gasteiger charge is 2.11. The molecule has 2 aromatic rings. The summed E-state index contributed by atoms with van der Waals surface area (Å²) in [5, 5.41) is 2.70. The number of nitrogens with one attached hydrogen (secondary N) is 2. The molecule has 1 heterocycles. The van der Waals surface area contributed by atoms with Gasteiger partial charge in [0.15, 0.2) is 0 Å². The van der Waals surface area contributed by atoms with E-state index < -0.39 is 11.5 Å². The summed E-state index contributed by atoms with van der Waals surface area (Å²) in [6.07, 6.45) is 0. The molecule has 1 aromatic heterocycles. The van der Waals surface area contributed by atoms with Crippen LogP contribution in [0.1, 0.15) is 21.6 Å². The number of anilines is 1. The molecule has 0 unspecified atom stereocenters. The van der Waals surface area contributed by atoms with E-state index in [1.165, 1.54) is 6.07 Å². The lowest BCUT2D eigenvalue weighted by Gasteiger charge is -2.09. The molecule has 0 bridgehead atoms. The lowest BCUT2D eigenvalue weighted by atomic mass is 10.1. The second-order valence-electron chi connectivity index (χ2n) is 4.20. The van der Waals surface area contributed by atoms with Crippen LogP contribution in [0.25, 0.3) is 0 Å². The van der Waals surface area contributed by atoms with Crippen molar-refractivity contribution in [3.63, 3.8) is 0 Å². The van der Waals surface area contributed by atoms with Gasteiger partial charge >= 0.3 is 0 Å². The van der Waals surface area contributed by atoms with Crippen LogP contribution in [0.2, 0.25) is 0 Å². The first-order valence-corrected chi connectivity index (χ1v) is 5.91. The van der Waals surface area contributed by atoms with Gasteiger partial charge in [0.05, 0.1) is 0 Å². The van der Waals surface area contributed by atoms with Crippen molar-refractivity contribution in [2.75, 3.05) is 5.32 Å². The molecule has 1 aromatic carbocycles. The van der Waals surface area contributed by atoms with Crippen molar-refractivity contribution in [3.8, 4) is 0 Å². The number of carbonyl (C=O) groups is 1. The summed E-state index contributed by atoms with van der Waals surface area (Å²) in [4.78, 5) is 26.3. The van der Waals surface area contributed by atoms with Gasteiger partial charge < -0.3 is 16.0 Å². The third kappa shape index (κ3) is 2.89. The van der Waals surface area contributed by atoms with Crippen molar-refractivity contribution in [1.29, 1.82) is 0 Å². The first-order valence-electron chi connectivity index (χ1n) is 5.91. The van der Waals surface area contributed by atoms with Crippen LogP contribution in [0.4, 0.5) is 5.69 Å². The van der Waals surface area contributed by atoms with Gasteiger partial charge in [-0.3, -0.25) is 9.59 Å². The largest absolute Gasteiger partial charge is 0.326 e. The molecule has 0 fully saturated rings. The first kappa shape index (κ1) is 13.0. The van der Waals surface area contributed by atoms with Gasteiger partial charge in [-0.2, -0.15) is 0 Å². The molecule has 0 radical (unpaired) electrons. The van der Waals surface area contributed by atoms with Crippen LogP contribution in [-0.2, 0) is 6.54 Å². The Bertz CT molecular complexity index is 662. The van der Waals surface area contributed by atoms with E-state index in [1.807, 2.05) is 12.1 Å². The number of nitrogens with two attached hydrogens (primary N) is 1. The smallest absolute Gasteiger partial charge is 0.261 e. The predicted octanol–water partition coefficient (Wildman–Crippen LogP) is 1.39. The summed E-state index contributed by atoms with van der Waals surface area (Å²) < 4.78 is 0. The lowest BCUT2D eigenvalue weighted by Crippen LogP contribution is -2.24. The first-order chi connectivity index (χ1) is 9.11. The van der Waals surface area contributed by atoms with E-state index in [2.05, 4.69) is 10.3 Å². The maximum atomic E-state index is 12.0. The summed E-state index contributed by atoms with van der Waals surface area (Å²) in [7, 11) is 0. The number of H-pyrrole nitrogens is 1. The summed E-state index contributed by atoms with van der Waals surface area (Å²) in [6.45, 7) is 2.08. The molecule has 0 spiro atoms. The van der Waals surface area contributed by atoms with E-state index in [0.29, 0.717) is 17.9 Å². The average Bonchev–Trinajstić information content (AvgIpc) is 2.39. The maximum absolute atomic E-state index is 12.0. The molecule has 4 N–H and O–H groups in total. The fourth-order valence-electron chi connectivity index (χ4n) is 1.76. The average molecular weight is 257 g/mol. The van der Waals surface area contributed by atoms with E-state index in [1.54, 1.807) is 25.1 Å². The zero-order valence-corrected chi connectivity index (χ0v) is 10.6. The van der Waals surface area contributed by atoms with Gasteiger partial charge in [0, 0.05) is 17.9 Å². The van der Waals surface area contributed by atoms with Crippen LogP contribution in [0, 0.1) is 6.92 Å². The highest BCUT2D eigenvalue weighted by Crippen LogP contribution is 2.14. The van der Waals surface area contributed by atoms with Crippen LogP contribution in [0.15, 0.2) is 41.2 Å². The number of hydrogen-bond donors (Lipinski definition) is 3. The number of aryl methyl sites for hydroxylation is 1. The molecule has 0 saturated carbocycles. The van der Waals surface area contributed by atoms with Crippen LogP contribution >= 0.6 is 0 Å². The minimum absolute atomic E-state index is 0.0809. The van der Waals surface area contributed by atoms with Gasteiger partial charge in [-0.25, -0.2) is 0 Å². The summed E-state index contributed by atoms with van der Waals surface area (Å²) in [5.74, 6) is -0.442. The molecule has 0 aliphatic heterocycles. The summed E-state index contributed by atoms with van der Waals surface area (Å²) in [6, 6.07) is 10.4. The minimum atomic E-state index is -0.442. The number of hydrogen-bond acceptors (Lipinski definition) is 3. The van der Waals surface area contributed by atoms with Crippen LogP contribution in [-0.4, -0.2) is 10.9 Å². The van der Waals surface area contributed by atoms with E-state index in [-0.39, 0.29) is 5.56 Å². The Labute approximate surface area is 110 Å². The zero-order chi connectivity index (χ0) is 13.8. The lowest BCUT2D eigenvalue weighted by molar-refractivity contribution is 0.102. The number of amides is 1. The minimum Gasteiger partial charge on any atom is -0.326 e. The Kier molecular flexibility index (Phi) is 3.77. The van der Waals surface area contributed by atoms with Crippen LogP contribution in [0.3, 0.4) is 0 Å². The molecule has 98 valence electrons. The molecule has 0 aliphatic carbocycles. The SMILES string of the molecule is Cc1ccc(C(=O)Nc2ccccc2CN)c(=O)[nH]1. The van der Waals surface area contributed by atoms with Gasteiger partial charge in [0.25, 0.3) is 11.5 Å². The van der Waals surface area contributed by atoms with E-state index in [9.17, 15) is 9.59 Å². The van der Waals surface area contributed by atoms with Crippen molar-refractivity contribution in [1.82, 2.24) is 4.98 Å². The van der Waals surface area contributed by atoms with E-state index in [0.717, 1.165) is 5.56 Å². The highest BCUT2D eigenvalue weighted by molar-refractivity contribution is 6.04. The summed E-state index contributed by atoms with van der Waals surface area (Å²) >= 11 is 0. The second kappa shape index (κ2) is 5.49. The number of aromatic nitrogens is 1. The second-order valence-corrected chi connectivity index (χ2v) is 4.20. The molecule has 0 aliphatic rings. The summed E-state index contributed by atoms with van der Waals surface area (Å²) in [5.41, 5.74) is 7.43. The number of para-hydroxylation sites is 1. The fraction of sp³-hybridized carbons (Fsp3) is 0.143. The monoisotopic (exact) mass is 257 g/mol. The van der Waals surface area contributed by atoms with Gasteiger partial charge in [-0.05, 0) is 30.7 Å². The van der Waals surface area contributed by atoms with Crippen molar-refractivity contribution in [2.45, 2.75) is 13.5 Å². The predicted molar refractivity (Wildman–Crippen MR) is 74.1 cm³/mol. The van der Waals surface area contributed by atoms with Gasteiger partial charge in [-0.15, -0.1) is 0 Å². The third-order valence-electron chi connectivity index (χ3n) is 2.79. The van der Waals surface area contributed by atoms with E-state index >= 15 is 0 Å². The highest BCUT2D eigenvalue weighted by atomic mass is 16.2. The van der Waals surface area contributed by atoms with Crippen molar-refractivity contribution in [2.24, 2.45) is 5.73 Å². The Balaban J connectivity index is 2.28. The topological polar surface area (TPSA) is 88.0 Å². The molecule has 2 rings (SSSR count). The van der Waals surface area contributed by atoms with Crippen molar-refractivity contribution in [3.05, 3.63) is 63.6 Å². The quantitative estimate of drug-likeness (QED) is 0.776. The van der Waals surface area contributed by atoms with Crippen LogP contribution < -0.4 is 16.6 Å². The molecular weight excluding hydrogens is 242 g/mol. The number of benzene rings is 1. The Morgan fingerprint density at radius 2 is 2.00 bits per heavy atom. The Morgan fingerprint density at radius 3 is 2.68 bits per heavy atom. The fourth-order valence-corrected chi connectivity index (χ4v) is 1.76. The van der Waals surface area contributed by atoms with Gasteiger partial charge in [0.2, 0.25) is 0 Å².